The number of cyclic esters (lactones) is 1. The number of rotatable bonds is 12. The van der Waals surface area contributed by atoms with E-state index in [0.717, 1.165) is 15.1 Å². The number of nitrogens with zero attached hydrogens (tertiary/aromatic N) is 6. The number of carbonyl (C=O) groups excluding carboxylic acids is 4. The second-order valence-corrected chi connectivity index (χ2v) is 18.4. The standard InChI is InChI=1S/C55H45N7O9S/c1-68-31-32-70-54(67)61-41-27-26-34(15-14-28-60-42-23-11-9-21-39(42)58-59-60)33-38(41)55(52(61)66)45(50(64)57-53-56-40-22-10-13-25-44(40)72-53)47-51(65)71-48(36-18-6-3-7-19-36)46(35-16-4-2-5-17-35)62(47)49(55)37-20-8-12-24-43(37)69-30-29-63/h2-13,16-27,33,45-49,63H,28-32H2,1H3,(H,56,57,64)/t45-,46-,47-,48+,49+,55-/m0/s1. The molecular weight excluding hydrogens is 935 g/mol. The van der Waals surface area contributed by atoms with Gasteiger partial charge in [0.1, 0.15) is 48.6 Å². The lowest BCUT2D eigenvalue weighted by Crippen LogP contribution is -2.54. The number of hydrogen-bond donors (Lipinski definition) is 2. The van der Waals surface area contributed by atoms with E-state index in [4.69, 9.17) is 23.9 Å². The Labute approximate surface area is 416 Å². The van der Waals surface area contributed by atoms with Gasteiger partial charge in [0, 0.05) is 18.2 Å². The summed E-state index contributed by atoms with van der Waals surface area (Å²) in [7, 11) is 1.46. The van der Waals surface area contributed by atoms with E-state index in [1.807, 2.05) is 114 Å². The Morgan fingerprint density at radius 2 is 1.54 bits per heavy atom. The monoisotopic (exact) mass is 979 g/mol. The van der Waals surface area contributed by atoms with Gasteiger partial charge in [-0.2, -0.15) is 0 Å². The van der Waals surface area contributed by atoms with Crippen LogP contribution < -0.4 is 15.0 Å². The normalized spacial score (nSPS) is 21.2. The number of morpholine rings is 1. The van der Waals surface area contributed by atoms with Gasteiger partial charge < -0.3 is 29.4 Å². The summed E-state index contributed by atoms with van der Waals surface area (Å²) in [6.07, 6.45) is -1.99. The van der Waals surface area contributed by atoms with E-state index in [9.17, 15) is 9.90 Å². The highest BCUT2D eigenvalue weighted by atomic mass is 32.1. The second kappa shape index (κ2) is 19.5. The van der Waals surface area contributed by atoms with Crippen molar-refractivity contribution < 1.29 is 43.2 Å². The maximum absolute atomic E-state index is 16.6. The molecule has 2 N–H and O–H groups in total. The van der Waals surface area contributed by atoms with Crippen molar-refractivity contribution in [2.75, 3.05) is 43.8 Å². The third-order valence-electron chi connectivity index (χ3n) is 13.4. The number of carbonyl (C=O) groups is 4. The molecule has 2 saturated heterocycles. The van der Waals surface area contributed by atoms with Crippen LogP contribution in [0.1, 0.15) is 46.0 Å². The second-order valence-electron chi connectivity index (χ2n) is 17.4. The fourth-order valence-corrected chi connectivity index (χ4v) is 11.4. The largest absolute Gasteiger partial charge is 0.491 e. The Kier molecular flexibility index (Phi) is 12.5. The van der Waals surface area contributed by atoms with E-state index in [2.05, 4.69) is 27.5 Å². The molecule has 360 valence electrons. The van der Waals surface area contributed by atoms with Crippen molar-refractivity contribution in [3.63, 3.8) is 0 Å². The first-order valence-electron chi connectivity index (χ1n) is 23.3. The molecular formula is C55H45N7O9S. The first-order chi connectivity index (χ1) is 35.3. The molecule has 1 spiro atoms. The summed E-state index contributed by atoms with van der Waals surface area (Å²) in [4.78, 5) is 70.5. The number of para-hydroxylation sites is 3. The SMILES string of the molecule is COCCOC(=O)N1C(=O)[C@@]2(c3cc(C#CCn4nnc5ccccc54)ccc31)[C@H](C(=O)Nc1nc3ccccc3s1)[C@H]1C(=O)O[C@H](c3ccccc3)[C@H](c3ccccc3)N1[C@@H]2c1ccccc1OCCO. The van der Waals surface area contributed by atoms with Crippen LogP contribution in [0, 0.1) is 17.8 Å². The lowest BCUT2D eigenvalue weighted by Gasteiger charge is -2.46. The molecule has 0 bridgehead atoms. The van der Waals surface area contributed by atoms with Gasteiger partial charge in [0.25, 0.3) is 0 Å². The zero-order valence-corrected chi connectivity index (χ0v) is 39.5. The molecule has 6 atom stereocenters. The molecule has 0 unspecified atom stereocenters. The van der Waals surface area contributed by atoms with Gasteiger partial charge in [-0.05, 0) is 65.2 Å². The fraction of sp³-hybridized carbons (Fsp3) is 0.218. The summed E-state index contributed by atoms with van der Waals surface area (Å²) in [5.74, 6) is 2.74. The van der Waals surface area contributed by atoms with Crippen LogP contribution in [-0.4, -0.2) is 93.4 Å². The number of fused-ring (bicyclic) bond motifs is 5. The van der Waals surface area contributed by atoms with Gasteiger partial charge in [0.2, 0.25) is 11.8 Å². The molecule has 16 nitrogen and oxygen atoms in total. The number of aliphatic hydroxyl groups is 1. The number of imide groups is 1. The fourth-order valence-electron chi connectivity index (χ4n) is 10.6. The van der Waals surface area contributed by atoms with Gasteiger partial charge in [-0.3, -0.25) is 19.3 Å². The molecule has 0 aliphatic carbocycles. The molecule has 2 aromatic heterocycles. The molecule has 2 fully saturated rings. The molecule has 17 heteroatoms. The van der Waals surface area contributed by atoms with Crippen LogP contribution >= 0.6 is 11.3 Å². The van der Waals surface area contributed by atoms with E-state index in [1.54, 1.807) is 47.1 Å². The number of amides is 3. The van der Waals surface area contributed by atoms with Crippen molar-refractivity contribution >= 4 is 67.3 Å². The molecule has 5 heterocycles. The molecule has 6 aromatic carbocycles. The van der Waals surface area contributed by atoms with Gasteiger partial charge in [0.05, 0.1) is 52.6 Å². The average Bonchev–Trinajstić information content (AvgIpc) is 4.16. The zero-order valence-electron chi connectivity index (χ0n) is 38.7. The van der Waals surface area contributed by atoms with Gasteiger partial charge >= 0.3 is 12.1 Å². The molecule has 3 aliphatic rings. The predicted molar refractivity (Wildman–Crippen MR) is 267 cm³/mol. The Morgan fingerprint density at radius 1 is 0.819 bits per heavy atom. The molecule has 11 rings (SSSR count). The highest BCUT2D eigenvalue weighted by molar-refractivity contribution is 7.22. The number of thiazole rings is 1. The van der Waals surface area contributed by atoms with Crippen LogP contribution in [0.25, 0.3) is 21.3 Å². The Balaban J connectivity index is 1.19. The molecule has 0 radical (unpaired) electrons. The summed E-state index contributed by atoms with van der Waals surface area (Å²) in [6.45, 7) is -0.461. The maximum Gasteiger partial charge on any atom is 0.421 e. The minimum Gasteiger partial charge on any atom is -0.491 e. The minimum absolute atomic E-state index is 0.0358. The van der Waals surface area contributed by atoms with E-state index in [0.29, 0.717) is 33.3 Å². The van der Waals surface area contributed by atoms with Crippen molar-refractivity contribution in [1.82, 2.24) is 24.9 Å². The number of anilines is 2. The number of hydrogen-bond acceptors (Lipinski definition) is 14. The molecule has 8 aromatic rings. The van der Waals surface area contributed by atoms with Crippen molar-refractivity contribution in [1.29, 1.82) is 0 Å². The Morgan fingerprint density at radius 3 is 2.32 bits per heavy atom. The quantitative estimate of drug-likeness (QED) is 0.0695. The number of nitrogens with one attached hydrogen (secondary N) is 1. The number of ether oxygens (including phenoxy) is 4. The van der Waals surface area contributed by atoms with E-state index in [-0.39, 0.29) is 55.1 Å². The maximum atomic E-state index is 16.6. The van der Waals surface area contributed by atoms with Crippen LogP contribution in [0.4, 0.5) is 15.6 Å². The van der Waals surface area contributed by atoms with Gasteiger partial charge in [-0.15, -0.1) is 5.10 Å². The van der Waals surface area contributed by atoms with Crippen LogP contribution in [-0.2, 0) is 40.6 Å². The third kappa shape index (κ3) is 7.90. The zero-order chi connectivity index (χ0) is 49.3. The lowest BCUT2D eigenvalue weighted by atomic mass is 9.65. The Hall–Kier alpha value is -8.27. The van der Waals surface area contributed by atoms with Crippen LogP contribution in [0.5, 0.6) is 5.75 Å². The minimum atomic E-state index is -2.16. The average molecular weight is 980 g/mol. The summed E-state index contributed by atoms with van der Waals surface area (Å²) >= 11 is 1.24. The van der Waals surface area contributed by atoms with E-state index >= 15 is 14.4 Å². The summed E-state index contributed by atoms with van der Waals surface area (Å²) in [6, 6.07) is 42.1. The van der Waals surface area contributed by atoms with Crippen molar-refractivity contribution in [2.45, 2.75) is 36.2 Å². The van der Waals surface area contributed by atoms with Gasteiger partial charge in [-0.25, -0.2) is 19.4 Å². The van der Waals surface area contributed by atoms with Crippen LogP contribution in [0.15, 0.2) is 152 Å². The number of esters is 1. The molecule has 3 amide bonds. The molecule has 72 heavy (non-hydrogen) atoms. The van der Waals surface area contributed by atoms with Crippen molar-refractivity contribution in [3.05, 3.63) is 179 Å². The summed E-state index contributed by atoms with van der Waals surface area (Å²) < 4.78 is 26.4. The van der Waals surface area contributed by atoms with Gasteiger partial charge in [-0.1, -0.05) is 132 Å². The van der Waals surface area contributed by atoms with Crippen LogP contribution in [0.2, 0.25) is 0 Å². The topological polar surface area (TPSA) is 188 Å². The van der Waals surface area contributed by atoms with Crippen molar-refractivity contribution in [3.8, 4) is 17.6 Å². The molecule has 3 aliphatic heterocycles. The van der Waals surface area contributed by atoms with Gasteiger partial charge in [0.15, 0.2) is 5.13 Å². The van der Waals surface area contributed by atoms with Crippen molar-refractivity contribution in [2.24, 2.45) is 5.92 Å². The number of aromatic nitrogens is 4. The molecule has 0 saturated carbocycles. The highest BCUT2D eigenvalue weighted by Crippen LogP contribution is 2.67. The first kappa shape index (κ1) is 46.1. The van der Waals surface area contributed by atoms with E-state index in [1.165, 1.54) is 18.4 Å². The van der Waals surface area contributed by atoms with Crippen LogP contribution in [0.3, 0.4) is 0 Å². The highest BCUT2D eigenvalue weighted by Gasteiger charge is 2.76. The Bertz CT molecular complexity index is 3400. The predicted octanol–water partition coefficient (Wildman–Crippen LogP) is 7.55. The van der Waals surface area contributed by atoms with E-state index < -0.39 is 59.4 Å². The first-order valence-corrected chi connectivity index (χ1v) is 24.1. The smallest absolute Gasteiger partial charge is 0.421 e. The summed E-state index contributed by atoms with van der Waals surface area (Å²) in [5, 5.41) is 22.0. The third-order valence-corrected chi connectivity index (χ3v) is 14.4. The number of methoxy groups -OCH3 is 1. The lowest BCUT2D eigenvalue weighted by molar-refractivity contribution is -0.177. The summed E-state index contributed by atoms with van der Waals surface area (Å²) in [5.41, 5.74) is 2.53. The number of aliphatic hydroxyl groups excluding tert-OH is 1. The number of benzene rings is 6.